The Balaban J connectivity index is 1.74. The average molecular weight is 169 g/mol. The molecule has 0 unspecified atom stereocenters. The molecule has 2 nitrogen and oxygen atoms in total. The number of ether oxygens (including phenoxy) is 1. The third kappa shape index (κ3) is 1.50. The van der Waals surface area contributed by atoms with Crippen molar-refractivity contribution >= 4 is 0 Å². The highest BCUT2D eigenvalue weighted by Crippen LogP contribution is 2.38. The van der Waals surface area contributed by atoms with Crippen molar-refractivity contribution in [3.63, 3.8) is 0 Å². The summed E-state index contributed by atoms with van der Waals surface area (Å²) in [5, 5.41) is 0. The maximum Gasteiger partial charge on any atom is 0.0569 e. The van der Waals surface area contributed by atoms with Gasteiger partial charge in [0.1, 0.15) is 0 Å². The minimum Gasteiger partial charge on any atom is -0.380 e. The van der Waals surface area contributed by atoms with Crippen molar-refractivity contribution in [3.05, 3.63) is 0 Å². The molecule has 2 heteroatoms. The lowest BCUT2D eigenvalue weighted by Gasteiger charge is -2.56. The van der Waals surface area contributed by atoms with Crippen LogP contribution in [0.5, 0.6) is 0 Å². The molecular formula is C10H19NO. The summed E-state index contributed by atoms with van der Waals surface area (Å²) in [6.45, 7) is 12.7. The first kappa shape index (κ1) is 8.52. The number of nitrogens with zero attached hydrogens (tertiary/aromatic N) is 1. The zero-order valence-corrected chi connectivity index (χ0v) is 8.39. The van der Waals surface area contributed by atoms with Crippen molar-refractivity contribution in [1.29, 1.82) is 0 Å². The van der Waals surface area contributed by atoms with E-state index in [9.17, 15) is 0 Å². The van der Waals surface area contributed by atoms with E-state index in [-0.39, 0.29) is 0 Å². The van der Waals surface area contributed by atoms with Gasteiger partial charge in [-0.1, -0.05) is 20.8 Å². The minimum absolute atomic E-state index is 0.451. The Bertz CT molecular complexity index is 171. The largest absolute Gasteiger partial charge is 0.380 e. The minimum atomic E-state index is 0.451. The molecule has 2 aliphatic heterocycles. The van der Waals surface area contributed by atoms with E-state index in [0.717, 1.165) is 13.2 Å². The van der Waals surface area contributed by atoms with E-state index in [1.54, 1.807) is 0 Å². The molecule has 2 heterocycles. The van der Waals surface area contributed by atoms with Crippen LogP contribution in [-0.2, 0) is 4.74 Å². The van der Waals surface area contributed by atoms with Crippen LogP contribution in [0.25, 0.3) is 0 Å². The van der Waals surface area contributed by atoms with Gasteiger partial charge in [0.15, 0.2) is 0 Å². The second-order valence-electron chi connectivity index (χ2n) is 5.70. The van der Waals surface area contributed by atoms with Gasteiger partial charge in [-0.25, -0.2) is 0 Å². The van der Waals surface area contributed by atoms with Crippen molar-refractivity contribution in [2.24, 2.45) is 10.8 Å². The molecule has 2 saturated heterocycles. The van der Waals surface area contributed by atoms with Crippen molar-refractivity contribution in [2.45, 2.75) is 20.8 Å². The van der Waals surface area contributed by atoms with Crippen LogP contribution in [0.1, 0.15) is 20.8 Å². The number of hydrogen-bond donors (Lipinski definition) is 0. The topological polar surface area (TPSA) is 12.5 Å². The number of likely N-dealkylation sites (tertiary alicyclic amines) is 1. The summed E-state index contributed by atoms with van der Waals surface area (Å²) in [5.74, 6) is 0. The summed E-state index contributed by atoms with van der Waals surface area (Å²) in [7, 11) is 0. The van der Waals surface area contributed by atoms with Crippen LogP contribution in [0.4, 0.5) is 0 Å². The van der Waals surface area contributed by atoms with Crippen molar-refractivity contribution in [3.8, 4) is 0 Å². The van der Waals surface area contributed by atoms with Gasteiger partial charge in [-0.3, -0.25) is 0 Å². The van der Waals surface area contributed by atoms with E-state index in [1.807, 2.05) is 0 Å². The van der Waals surface area contributed by atoms with Gasteiger partial charge in [-0.15, -0.1) is 0 Å². The van der Waals surface area contributed by atoms with E-state index in [2.05, 4.69) is 25.7 Å². The average Bonchev–Trinajstić information content (AvgIpc) is 1.69. The molecule has 2 rings (SSSR count). The Kier molecular flexibility index (Phi) is 1.74. The van der Waals surface area contributed by atoms with Crippen LogP contribution in [-0.4, -0.2) is 37.7 Å². The molecule has 70 valence electrons. The van der Waals surface area contributed by atoms with E-state index in [0.29, 0.717) is 10.8 Å². The molecule has 1 spiro atoms. The molecule has 0 radical (unpaired) electrons. The highest BCUT2D eigenvalue weighted by atomic mass is 16.5. The SMILES string of the molecule is CC(C)(C)CN1CC2(COC2)C1. The first-order valence-corrected chi connectivity index (χ1v) is 4.79. The number of hydrogen-bond acceptors (Lipinski definition) is 2. The van der Waals surface area contributed by atoms with Crippen LogP contribution in [0.15, 0.2) is 0 Å². The molecular weight excluding hydrogens is 150 g/mol. The summed E-state index contributed by atoms with van der Waals surface area (Å²) >= 11 is 0. The van der Waals surface area contributed by atoms with Crippen LogP contribution >= 0.6 is 0 Å². The first-order chi connectivity index (χ1) is 5.49. The predicted octanol–water partition coefficient (Wildman–Crippen LogP) is 1.36. The normalized spacial score (nSPS) is 28.2. The molecule has 2 fully saturated rings. The van der Waals surface area contributed by atoms with Gasteiger partial charge in [0.25, 0.3) is 0 Å². The molecule has 12 heavy (non-hydrogen) atoms. The van der Waals surface area contributed by atoms with Crippen molar-refractivity contribution in [2.75, 3.05) is 32.8 Å². The van der Waals surface area contributed by atoms with Gasteiger partial charge >= 0.3 is 0 Å². The zero-order valence-electron chi connectivity index (χ0n) is 8.39. The Hall–Kier alpha value is -0.0800. The molecule has 2 aliphatic rings. The van der Waals surface area contributed by atoms with Crippen LogP contribution in [0.2, 0.25) is 0 Å². The summed E-state index contributed by atoms with van der Waals surface area (Å²) in [5.41, 5.74) is 1.04. The summed E-state index contributed by atoms with van der Waals surface area (Å²) < 4.78 is 5.23. The van der Waals surface area contributed by atoms with Crippen molar-refractivity contribution in [1.82, 2.24) is 4.90 Å². The second kappa shape index (κ2) is 2.46. The van der Waals surface area contributed by atoms with Gasteiger partial charge in [-0.2, -0.15) is 0 Å². The fourth-order valence-electron chi connectivity index (χ4n) is 2.26. The second-order valence-corrected chi connectivity index (χ2v) is 5.70. The third-order valence-electron chi connectivity index (χ3n) is 2.63. The molecule has 0 aromatic carbocycles. The zero-order chi connectivity index (χ0) is 8.82. The Morgan fingerprint density at radius 2 is 1.83 bits per heavy atom. The van der Waals surface area contributed by atoms with E-state index < -0.39 is 0 Å². The molecule has 0 N–H and O–H groups in total. The Labute approximate surface area is 74.9 Å². The fraction of sp³-hybridized carbons (Fsp3) is 1.00. The van der Waals surface area contributed by atoms with Crippen LogP contribution in [0, 0.1) is 10.8 Å². The highest BCUT2D eigenvalue weighted by Gasteiger charge is 2.49. The van der Waals surface area contributed by atoms with Crippen LogP contribution in [0.3, 0.4) is 0 Å². The van der Waals surface area contributed by atoms with Crippen LogP contribution < -0.4 is 0 Å². The van der Waals surface area contributed by atoms with Gasteiger partial charge in [0, 0.05) is 25.0 Å². The highest BCUT2D eigenvalue weighted by molar-refractivity contribution is 5.00. The van der Waals surface area contributed by atoms with Gasteiger partial charge in [0.05, 0.1) is 13.2 Å². The molecule has 0 bridgehead atoms. The maximum atomic E-state index is 5.23. The van der Waals surface area contributed by atoms with Gasteiger partial charge < -0.3 is 9.64 Å². The smallest absolute Gasteiger partial charge is 0.0569 e. The summed E-state index contributed by atoms with van der Waals surface area (Å²) in [6, 6.07) is 0. The summed E-state index contributed by atoms with van der Waals surface area (Å²) in [4.78, 5) is 2.54. The standard InChI is InChI=1S/C10H19NO/c1-9(2,3)4-11-5-10(6-11)7-12-8-10/h4-8H2,1-3H3. The lowest BCUT2D eigenvalue weighted by atomic mass is 9.77. The third-order valence-corrected chi connectivity index (χ3v) is 2.63. The van der Waals surface area contributed by atoms with E-state index in [1.165, 1.54) is 19.6 Å². The quantitative estimate of drug-likeness (QED) is 0.588. The maximum absolute atomic E-state index is 5.23. The van der Waals surface area contributed by atoms with E-state index in [4.69, 9.17) is 4.74 Å². The molecule has 0 aromatic rings. The lowest BCUT2D eigenvalue weighted by Crippen LogP contribution is -2.66. The van der Waals surface area contributed by atoms with Gasteiger partial charge in [0.2, 0.25) is 0 Å². The monoisotopic (exact) mass is 169 g/mol. The Morgan fingerprint density at radius 1 is 1.25 bits per heavy atom. The predicted molar refractivity (Wildman–Crippen MR) is 49.1 cm³/mol. The Morgan fingerprint density at radius 3 is 2.17 bits per heavy atom. The number of rotatable bonds is 1. The first-order valence-electron chi connectivity index (χ1n) is 4.79. The molecule has 0 aromatic heterocycles. The molecule has 0 aliphatic carbocycles. The molecule has 0 saturated carbocycles. The van der Waals surface area contributed by atoms with E-state index >= 15 is 0 Å². The van der Waals surface area contributed by atoms with Crippen molar-refractivity contribution < 1.29 is 4.74 Å². The lowest BCUT2D eigenvalue weighted by molar-refractivity contribution is -0.193. The summed E-state index contributed by atoms with van der Waals surface area (Å²) in [6.07, 6.45) is 0. The fourth-order valence-corrected chi connectivity index (χ4v) is 2.26. The molecule has 0 atom stereocenters. The van der Waals surface area contributed by atoms with Gasteiger partial charge in [-0.05, 0) is 5.41 Å². The molecule has 0 amide bonds.